The molecule has 1 atom stereocenters. The van der Waals surface area contributed by atoms with Gasteiger partial charge in [-0.05, 0) is 23.8 Å². The number of carboxylic acids is 1. The van der Waals surface area contributed by atoms with Crippen LogP contribution >= 0.6 is 0 Å². The van der Waals surface area contributed by atoms with Crippen LogP contribution < -0.4 is 0 Å². The maximum Gasteiger partial charge on any atom is 0.303 e. The van der Waals surface area contributed by atoms with Gasteiger partial charge >= 0.3 is 5.97 Å². The standard InChI is InChI=1S/C13H15NO5S/c15-12(16)7-13(4-5-13)9-20(19)8-10-2-1-3-11(6-10)14(17)18/h1-3,6H,4-5,7-9H2,(H,15,16). The number of nitro groups is 1. The first-order valence-corrected chi connectivity index (χ1v) is 7.69. The summed E-state index contributed by atoms with van der Waals surface area (Å²) in [6.07, 6.45) is 1.63. The number of non-ortho nitro benzene ring substituents is 1. The van der Waals surface area contributed by atoms with Gasteiger partial charge in [-0.3, -0.25) is 19.1 Å². The van der Waals surface area contributed by atoms with Gasteiger partial charge in [-0.2, -0.15) is 0 Å². The second kappa shape index (κ2) is 5.70. The van der Waals surface area contributed by atoms with Crippen LogP contribution in [0.25, 0.3) is 0 Å². The van der Waals surface area contributed by atoms with E-state index >= 15 is 0 Å². The second-order valence-electron chi connectivity index (χ2n) is 5.23. The van der Waals surface area contributed by atoms with Gasteiger partial charge in [0.05, 0.1) is 11.3 Å². The third-order valence-electron chi connectivity index (χ3n) is 3.40. The number of benzene rings is 1. The summed E-state index contributed by atoms with van der Waals surface area (Å²) in [5, 5.41) is 19.5. The molecule has 1 aliphatic rings. The SMILES string of the molecule is O=C(O)CC1(CS(=O)Cc2cccc([N+](=O)[O-])c2)CC1. The summed E-state index contributed by atoms with van der Waals surface area (Å²) in [6, 6.07) is 6.06. The van der Waals surface area contributed by atoms with Crippen molar-refractivity contribution in [2.45, 2.75) is 25.0 Å². The first kappa shape index (κ1) is 14.6. The highest BCUT2D eigenvalue weighted by atomic mass is 32.2. The number of carbonyl (C=O) groups is 1. The summed E-state index contributed by atoms with van der Waals surface area (Å²) in [5.74, 6) is -0.291. The summed E-state index contributed by atoms with van der Waals surface area (Å²) in [4.78, 5) is 20.9. The highest BCUT2D eigenvalue weighted by molar-refractivity contribution is 7.84. The minimum absolute atomic E-state index is 0.0221. The molecule has 108 valence electrons. The normalized spacial score (nSPS) is 17.4. The van der Waals surface area contributed by atoms with Crippen LogP contribution in [0.2, 0.25) is 0 Å². The van der Waals surface area contributed by atoms with Crippen molar-refractivity contribution < 1.29 is 19.0 Å². The van der Waals surface area contributed by atoms with E-state index in [0.29, 0.717) is 11.3 Å². The fourth-order valence-corrected chi connectivity index (χ4v) is 3.94. The fraction of sp³-hybridized carbons (Fsp3) is 0.462. The van der Waals surface area contributed by atoms with Gasteiger partial charge in [-0.15, -0.1) is 0 Å². The van der Waals surface area contributed by atoms with Gasteiger partial charge in [-0.1, -0.05) is 12.1 Å². The zero-order valence-corrected chi connectivity index (χ0v) is 11.6. The van der Waals surface area contributed by atoms with Crippen LogP contribution in [-0.4, -0.2) is 26.0 Å². The highest BCUT2D eigenvalue weighted by Crippen LogP contribution is 2.49. The van der Waals surface area contributed by atoms with Crippen LogP contribution in [0, 0.1) is 15.5 Å². The molecule has 1 aromatic carbocycles. The van der Waals surface area contributed by atoms with Crippen molar-refractivity contribution in [1.29, 1.82) is 0 Å². The van der Waals surface area contributed by atoms with Crippen LogP contribution in [0.5, 0.6) is 0 Å². The highest BCUT2D eigenvalue weighted by Gasteiger charge is 2.45. The molecule has 1 aliphatic carbocycles. The molecule has 0 aromatic heterocycles. The van der Waals surface area contributed by atoms with Crippen LogP contribution in [-0.2, 0) is 21.3 Å². The van der Waals surface area contributed by atoms with Crippen molar-refractivity contribution in [2.75, 3.05) is 5.75 Å². The molecular weight excluding hydrogens is 282 g/mol. The van der Waals surface area contributed by atoms with E-state index in [1.165, 1.54) is 12.1 Å². The summed E-state index contributed by atoms with van der Waals surface area (Å²) in [5.41, 5.74) is 0.298. The zero-order chi connectivity index (χ0) is 14.8. The van der Waals surface area contributed by atoms with Crippen LogP contribution in [0.3, 0.4) is 0 Å². The van der Waals surface area contributed by atoms with E-state index in [0.717, 1.165) is 12.8 Å². The van der Waals surface area contributed by atoms with E-state index < -0.39 is 21.7 Å². The lowest BCUT2D eigenvalue weighted by Crippen LogP contribution is -2.17. The first-order chi connectivity index (χ1) is 9.40. The fourth-order valence-electron chi connectivity index (χ4n) is 2.21. The van der Waals surface area contributed by atoms with E-state index in [1.54, 1.807) is 12.1 Å². The average Bonchev–Trinajstić information content (AvgIpc) is 3.07. The van der Waals surface area contributed by atoms with Crippen molar-refractivity contribution in [1.82, 2.24) is 0 Å². The molecule has 6 nitrogen and oxygen atoms in total. The number of rotatable bonds is 7. The predicted molar refractivity (Wildman–Crippen MR) is 73.7 cm³/mol. The molecule has 0 amide bonds. The average molecular weight is 297 g/mol. The molecule has 0 aliphatic heterocycles. The van der Waals surface area contributed by atoms with E-state index in [2.05, 4.69) is 0 Å². The topological polar surface area (TPSA) is 97.5 Å². The quantitative estimate of drug-likeness (QED) is 0.614. The number of nitrogens with zero attached hydrogens (tertiary/aromatic N) is 1. The molecule has 0 bridgehead atoms. The lowest BCUT2D eigenvalue weighted by atomic mass is 10.1. The van der Waals surface area contributed by atoms with E-state index in [9.17, 15) is 19.1 Å². The lowest BCUT2D eigenvalue weighted by Gasteiger charge is -2.11. The first-order valence-electron chi connectivity index (χ1n) is 6.20. The number of hydrogen-bond donors (Lipinski definition) is 1. The molecule has 2 rings (SSSR count). The summed E-state index contributed by atoms with van der Waals surface area (Å²) >= 11 is 0. The predicted octanol–water partition coefficient (Wildman–Crippen LogP) is 2.10. The Morgan fingerprint density at radius 1 is 1.45 bits per heavy atom. The number of aliphatic carboxylic acids is 1. The maximum absolute atomic E-state index is 12.1. The minimum Gasteiger partial charge on any atom is -0.481 e. The maximum atomic E-state index is 12.1. The van der Waals surface area contributed by atoms with Gasteiger partial charge in [-0.25, -0.2) is 0 Å². The Kier molecular flexibility index (Phi) is 4.17. The molecule has 1 saturated carbocycles. The van der Waals surface area contributed by atoms with Gasteiger partial charge in [0, 0.05) is 34.4 Å². The second-order valence-corrected chi connectivity index (χ2v) is 6.68. The van der Waals surface area contributed by atoms with Crippen LogP contribution in [0.1, 0.15) is 24.8 Å². The lowest BCUT2D eigenvalue weighted by molar-refractivity contribution is -0.384. The molecule has 1 aromatic rings. The number of carboxylic acid groups (broad SMARTS) is 1. The minimum atomic E-state index is -1.20. The Balaban J connectivity index is 1.96. The van der Waals surface area contributed by atoms with Gasteiger partial charge in [0.1, 0.15) is 0 Å². The largest absolute Gasteiger partial charge is 0.481 e. The summed E-state index contributed by atoms with van der Waals surface area (Å²) < 4.78 is 12.1. The van der Waals surface area contributed by atoms with Crippen molar-refractivity contribution in [3.63, 3.8) is 0 Å². The van der Waals surface area contributed by atoms with E-state index in [4.69, 9.17) is 5.11 Å². The molecule has 0 spiro atoms. The third kappa shape index (κ3) is 3.86. The van der Waals surface area contributed by atoms with Gasteiger partial charge in [0.2, 0.25) is 0 Å². The van der Waals surface area contributed by atoms with Crippen molar-refractivity contribution in [2.24, 2.45) is 5.41 Å². The number of hydrogen-bond acceptors (Lipinski definition) is 4. The monoisotopic (exact) mass is 297 g/mol. The molecule has 1 N–H and O–H groups in total. The van der Waals surface area contributed by atoms with Gasteiger partial charge in [0.25, 0.3) is 5.69 Å². The van der Waals surface area contributed by atoms with Crippen LogP contribution in [0.15, 0.2) is 24.3 Å². The van der Waals surface area contributed by atoms with Gasteiger partial charge in [0.15, 0.2) is 0 Å². The molecule has 0 radical (unpaired) electrons. The third-order valence-corrected chi connectivity index (χ3v) is 4.99. The van der Waals surface area contributed by atoms with E-state index in [1.807, 2.05) is 0 Å². The van der Waals surface area contributed by atoms with Crippen molar-refractivity contribution in [3.8, 4) is 0 Å². The zero-order valence-electron chi connectivity index (χ0n) is 10.8. The molecular formula is C13H15NO5S. The Labute approximate surface area is 118 Å². The molecule has 1 fully saturated rings. The van der Waals surface area contributed by atoms with Gasteiger partial charge < -0.3 is 5.11 Å². The molecule has 1 unspecified atom stereocenters. The molecule has 0 saturated heterocycles. The van der Waals surface area contributed by atoms with E-state index in [-0.39, 0.29) is 23.3 Å². The Morgan fingerprint density at radius 2 is 2.15 bits per heavy atom. The Morgan fingerprint density at radius 3 is 2.70 bits per heavy atom. The smallest absolute Gasteiger partial charge is 0.303 e. The Hall–Kier alpha value is -1.76. The van der Waals surface area contributed by atoms with Crippen LogP contribution in [0.4, 0.5) is 5.69 Å². The van der Waals surface area contributed by atoms with Crippen molar-refractivity contribution in [3.05, 3.63) is 39.9 Å². The molecule has 20 heavy (non-hydrogen) atoms. The Bertz CT molecular complexity index is 568. The summed E-state index contributed by atoms with van der Waals surface area (Å²) in [6.45, 7) is 0. The summed E-state index contributed by atoms with van der Waals surface area (Å²) in [7, 11) is -1.20. The molecule has 7 heteroatoms. The molecule has 0 heterocycles. The number of nitro benzene ring substituents is 1. The van der Waals surface area contributed by atoms with Crippen molar-refractivity contribution >= 4 is 22.5 Å².